The Hall–Kier alpha value is -3.65. The summed E-state index contributed by atoms with van der Waals surface area (Å²) in [6, 6.07) is 17.9. The van der Waals surface area contributed by atoms with E-state index in [0.717, 1.165) is 15.7 Å². The van der Waals surface area contributed by atoms with Crippen molar-refractivity contribution in [3.05, 3.63) is 98.3 Å². The van der Waals surface area contributed by atoms with Crippen molar-refractivity contribution >= 4 is 5.78 Å². The molecule has 1 heterocycles. The van der Waals surface area contributed by atoms with Crippen LogP contribution in [0.2, 0.25) is 0 Å². The summed E-state index contributed by atoms with van der Waals surface area (Å²) in [5, 5.41) is 20.2. The topological polar surface area (TPSA) is 83.1 Å². The fourth-order valence-electron chi connectivity index (χ4n) is 3.07. The van der Waals surface area contributed by atoms with Crippen LogP contribution < -0.4 is 5.56 Å². The predicted octanol–water partition coefficient (Wildman–Crippen LogP) is 3.32. The van der Waals surface area contributed by atoms with Crippen molar-refractivity contribution in [2.75, 3.05) is 0 Å². The van der Waals surface area contributed by atoms with E-state index in [1.54, 1.807) is 30.3 Å². The van der Waals surface area contributed by atoms with Crippen molar-refractivity contribution in [3.8, 4) is 11.9 Å². The van der Waals surface area contributed by atoms with Crippen LogP contribution in [0.4, 0.5) is 0 Å². The molecule has 0 amide bonds. The van der Waals surface area contributed by atoms with E-state index in [2.05, 4.69) is 0 Å². The molecule has 5 nitrogen and oxygen atoms in total. The summed E-state index contributed by atoms with van der Waals surface area (Å²) in [6.45, 7) is 3.44. The largest absolute Gasteiger partial charge is 0.494 e. The molecule has 0 atom stereocenters. The van der Waals surface area contributed by atoms with Gasteiger partial charge in [0.2, 0.25) is 5.88 Å². The summed E-state index contributed by atoms with van der Waals surface area (Å²) in [6.07, 6.45) is 0. The number of hydrogen-bond donors (Lipinski definition) is 1. The van der Waals surface area contributed by atoms with E-state index in [0.29, 0.717) is 5.56 Å². The number of ketones is 1. The highest BCUT2D eigenvalue weighted by Crippen LogP contribution is 2.25. The van der Waals surface area contributed by atoms with Gasteiger partial charge < -0.3 is 5.11 Å². The van der Waals surface area contributed by atoms with Gasteiger partial charge in [-0.2, -0.15) is 5.26 Å². The van der Waals surface area contributed by atoms with Crippen LogP contribution in [0.25, 0.3) is 0 Å². The maximum Gasteiger partial charge on any atom is 0.271 e. The quantitative estimate of drug-likeness (QED) is 0.725. The molecule has 1 aromatic heterocycles. The van der Waals surface area contributed by atoms with Crippen LogP contribution in [0, 0.1) is 25.2 Å². The molecule has 0 spiro atoms. The van der Waals surface area contributed by atoms with Gasteiger partial charge in [0.15, 0.2) is 5.78 Å². The molecule has 0 aliphatic heterocycles. The third-order valence-corrected chi connectivity index (χ3v) is 4.49. The molecule has 0 fully saturated rings. The minimum Gasteiger partial charge on any atom is -0.494 e. The Morgan fingerprint density at radius 3 is 2.44 bits per heavy atom. The number of benzene rings is 2. The van der Waals surface area contributed by atoms with Crippen LogP contribution in [-0.4, -0.2) is 15.5 Å². The van der Waals surface area contributed by atoms with E-state index in [-0.39, 0.29) is 23.2 Å². The minimum absolute atomic E-state index is 0.0207. The molecule has 5 heteroatoms. The molecule has 0 saturated heterocycles. The molecule has 0 unspecified atom stereocenters. The lowest BCUT2D eigenvalue weighted by atomic mass is 9.96. The second kappa shape index (κ2) is 7.30. The number of rotatable bonds is 4. The van der Waals surface area contributed by atoms with E-state index < -0.39 is 17.2 Å². The van der Waals surface area contributed by atoms with Crippen LogP contribution in [0.1, 0.15) is 38.2 Å². The summed E-state index contributed by atoms with van der Waals surface area (Å²) in [5.41, 5.74) is 1.48. The number of hydrogen-bond acceptors (Lipinski definition) is 4. The summed E-state index contributed by atoms with van der Waals surface area (Å²) in [4.78, 5) is 25.7. The number of aromatic nitrogens is 1. The lowest BCUT2D eigenvalue weighted by molar-refractivity contribution is 0.103. The fourth-order valence-corrected chi connectivity index (χ4v) is 3.07. The maximum absolute atomic E-state index is 13.0. The molecular weight excluding hydrogens is 340 g/mol. The zero-order valence-corrected chi connectivity index (χ0v) is 15.1. The third kappa shape index (κ3) is 3.38. The minimum atomic E-state index is -0.614. The van der Waals surface area contributed by atoms with Gasteiger partial charge in [-0.05, 0) is 31.0 Å². The van der Waals surface area contributed by atoms with Crippen molar-refractivity contribution in [2.24, 2.45) is 0 Å². The molecule has 0 bridgehead atoms. The van der Waals surface area contributed by atoms with Crippen molar-refractivity contribution in [1.29, 1.82) is 5.26 Å². The van der Waals surface area contributed by atoms with Gasteiger partial charge in [-0.25, -0.2) is 0 Å². The van der Waals surface area contributed by atoms with E-state index in [1.165, 1.54) is 6.92 Å². The summed E-state index contributed by atoms with van der Waals surface area (Å²) in [5.74, 6) is -0.848. The van der Waals surface area contributed by atoms with Crippen molar-refractivity contribution < 1.29 is 9.90 Å². The molecule has 0 aliphatic rings. The Bertz CT molecular complexity index is 1120. The first-order chi connectivity index (χ1) is 12.9. The van der Waals surface area contributed by atoms with Gasteiger partial charge in [-0.3, -0.25) is 14.2 Å². The lowest BCUT2D eigenvalue weighted by Crippen LogP contribution is -2.27. The molecule has 0 radical (unpaired) electrons. The van der Waals surface area contributed by atoms with Gasteiger partial charge in [0.25, 0.3) is 5.56 Å². The Morgan fingerprint density at radius 2 is 1.81 bits per heavy atom. The Morgan fingerprint density at radius 1 is 1.11 bits per heavy atom. The van der Waals surface area contributed by atoms with Crippen LogP contribution in [0.15, 0.2) is 59.4 Å². The number of nitrogens with zero attached hydrogens (tertiary/aromatic N) is 2. The highest BCUT2D eigenvalue weighted by atomic mass is 16.3. The van der Waals surface area contributed by atoms with Crippen molar-refractivity contribution in [1.82, 2.24) is 4.57 Å². The SMILES string of the molecule is Cc1cccc(C(=O)c2c(C)c(C#N)c(=O)n(Cc3ccccc3)c2O)c1. The van der Waals surface area contributed by atoms with Gasteiger partial charge in [0, 0.05) is 5.56 Å². The molecule has 2 aromatic carbocycles. The van der Waals surface area contributed by atoms with Gasteiger partial charge in [0.1, 0.15) is 11.6 Å². The smallest absolute Gasteiger partial charge is 0.271 e. The Balaban J connectivity index is 2.22. The number of carbonyl (C=O) groups is 1. The zero-order valence-electron chi connectivity index (χ0n) is 15.1. The summed E-state index contributed by atoms with van der Waals surface area (Å²) >= 11 is 0. The van der Waals surface area contributed by atoms with Gasteiger partial charge in [0.05, 0.1) is 12.1 Å². The molecule has 27 heavy (non-hydrogen) atoms. The first-order valence-electron chi connectivity index (χ1n) is 8.45. The van der Waals surface area contributed by atoms with Gasteiger partial charge in [-0.15, -0.1) is 0 Å². The first kappa shape index (κ1) is 18.2. The standard InChI is InChI=1S/C22H18N2O3/c1-14-7-6-10-17(11-14)20(25)19-15(2)18(12-23)21(26)24(22(19)27)13-16-8-4-3-5-9-16/h3-11,27H,13H2,1-2H3. The van der Waals surface area contributed by atoms with E-state index >= 15 is 0 Å². The zero-order chi connectivity index (χ0) is 19.6. The maximum atomic E-state index is 13.0. The van der Waals surface area contributed by atoms with Crippen LogP contribution in [-0.2, 0) is 6.54 Å². The molecule has 0 saturated carbocycles. The van der Waals surface area contributed by atoms with Crippen LogP contribution in [0.3, 0.4) is 0 Å². The second-order valence-electron chi connectivity index (χ2n) is 6.39. The van der Waals surface area contributed by atoms with Crippen molar-refractivity contribution in [3.63, 3.8) is 0 Å². The summed E-state index contributed by atoms with van der Waals surface area (Å²) in [7, 11) is 0. The number of aromatic hydroxyl groups is 1. The number of carbonyl (C=O) groups excluding carboxylic acids is 1. The fraction of sp³-hybridized carbons (Fsp3) is 0.136. The monoisotopic (exact) mass is 358 g/mol. The average molecular weight is 358 g/mol. The predicted molar refractivity (Wildman–Crippen MR) is 102 cm³/mol. The number of aryl methyl sites for hydroxylation is 1. The normalized spacial score (nSPS) is 10.4. The molecule has 3 rings (SSSR count). The van der Waals surface area contributed by atoms with Gasteiger partial charge >= 0.3 is 0 Å². The van der Waals surface area contributed by atoms with E-state index in [9.17, 15) is 20.0 Å². The molecular formula is C22H18N2O3. The molecule has 0 aliphatic carbocycles. The second-order valence-corrected chi connectivity index (χ2v) is 6.39. The van der Waals surface area contributed by atoms with E-state index in [4.69, 9.17) is 0 Å². The Kier molecular flexibility index (Phi) is 4.91. The molecule has 3 aromatic rings. The lowest BCUT2D eigenvalue weighted by Gasteiger charge is -2.16. The van der Waals surface area contributed by atoms with E-state index in [1.807, 2.05) is 37.3 Å². The molecule has 1 N–H and O–H groups in total. The third-order valence-electron chi connectivity index (χ3n) is 4.49. The highest BCUT2D eigenvalue weighted by molar-refractivity contribution is 6.11. The highest BCUT2D eigenvalue weighted by Gasteiger charge is 2.25. The molecule has 134 valence electrons. The Labute approximate surface area is 156 Å². The number of nitriles is 1. The van der Waals surface area contributed by atoms with Gasteiger partial charge in [-0.1, -0.05) is 54.1 Å². The summed E-state index contributed by atoms with van der Waals surface area (Å²) < 4.78 is 1.07. The van der Waals surface area contributed by atoms with Crippen LogP contribution in [0.5, 0.6) is 5.88 Å². The van der Waals surface area contributed by atoms with Crippen LogP contribution >= 0.6 is 0 Å². The van der Waals surface area contributed by atoms with Crippen molar-refractivity contribution in [2.45, 2.75) is 20.4 Å². The average Bonchev–Trinajstić information content (AvgIpc) is 2.66. The number of pyridine rings is 1. The first-order valence-corrected chi connectivity index (χ1v) is 8.45.